The van der Waals surface area contributed by atoms with Gasteiger partial charge in [-0.3, -0.25) is 0 Å². The summed E-state index contributed by atoms with van der Waals surface area (Å²) >= 11 is 0. The molecule has 2 rings (SSSR count). The Morgan fingerprint density at radius 3 is 3.30 bits per heavy atom. The Morgan fingerprint density at radius 2 is 2.40 bits per heavy atom. The maximum absolute atomic E-state index is 5.49. The molecule has 10 heavy (non-hydrogen) atoms. The molecule has 3 nitrogen and oxygen atoms in total. The highest BCUT2D eigenvalue weighted by Crippen LogP contribution is 2.17. The molecule has 0 radical (unpaired) electrons. The van der Waals surface area contributed by atoms with Gasteiger partial charge >= 0.3 is 0 Å². The molecular weight excluding hydrogens is 126 g/mol. The van der Waals surface area contributed by atoms with Gasteiger partial charge in [-0.25, -0.2) is 4.99 Å². The van der Waals surface area contributed by atoms with Gasteiger partial charge in [0, 0.05) is 5.92 Å². The van der Waals surface area contributed by atoms with E-state index in [0.717, 1.165) is 0 Å². The van der Waals surface area contributed by atoms with Crippen LogP contribution < -0.4 is 11.1 Å². The molecule has 3 N–H and O–H groups in total. The van der Waals surface area contributed by atoms with Crippen molar-refractivity contribution >= 4 is 5.84 Å². The highest BCUT2D eigenvalue weighted by Gasteiger charge is 2.21. The van der Waals surface area contributed by atoms with Crippen LogP contribution in [0.15, 0.2) is 29.4 Å². The zero-order chi connectivity index (χ0) is 6.97. The third-order valence-electron chi connectivity index (χ3n) is 1.73. The van der Waals surface area contributed by atoms with E-state index in [1.807, 2.05) is 12.3 Å². The van der Waals surface area contributed by atoms with Crippen LogP contribution in [0.1, 0.15) is 0 Å². The molecule has 2 unspecified atom stereocenters. The topological polar surface area (TPSA) is 50.4 Å². The first-order chi connectivity index (χ1) is 4.86. The highest BCUT2D eigenvalue weighted by molar-refractivity contribution is 5.92. The Kier molecular flexibility index (Phi) is 1.03. The summed E-state index contributed by atoms with van der Waals surface area (Å²) in [6, 6.07) is 0. The van der Waals surface area contributed by atoms with Gasteiger partial charge in [-0.1, -0.05) is 12.2 Å². The minimum atomic E-state index is 0.157. The van der Waals surface area contributed by atoms with Crippen LogP contribution in [0.3, 0.4) is 0 Å². The zero-order valence-electron chi connectivity index (χ0n) is 5.49. The van der Waals surface area contributed by atoms with Gasteiger partial charge in [0.15, 0.2) is 0 Å². The Morgan fingerprint density at radius 1 is 1.50 bits per heavy atom. The van der Waals surface area contributed by atoms with Crippen molar-refractivity contribution in [3.8, 4) is 0 Å². The summed E-state index contributed by atoms with van der Waals surface area (Å²) in [7, 11) is 0. The van der Waals surface area contributed by atoms with Crippen LogP contribution in [-0.4, -0.2) is 12.0 Å². The monoisotopic (exact) mass is 135 g/mol. The Labute approximate surface area is 59.3 Å². The van der Waals surface area contributed by atoms with Crippen molar-refractivity contribution < 1.29 is 0 Å². The van der Waals surface area contributed by atoms with Gasteiger partial charge in [0.2, 0.25) is 0 Å². The second kappa shape index (κ2) is 1.87. The van der Waals surface area contributed by atoms with Gasteiger partial charge < -0.3 is 11.1 Å². The number of aliphatic imine (C=N–C) groups is 1. The third-order valence-corrected chi connectivity index (χ3v) is 1.73. The lowest BCUT2D eigenvalue weighted by Gasteiger charge is -2.15. The van der Waals surface area contributed by atoms with Gasteiger partial charge in [-0.05, 0) is 12.3 Å². The number of nitrogens with one attached hydrogen (secondary N) is 1. The molecule has 2 aliphatic rings. The Bertz CT molecular complexity index is 227. The molecule has 0 saturated heterocycles. The lowest BCUT2D eigenvalue weighted by atomic mass is 10.1. The molecule has 0 saturated carbocycles. The van der Waals surface area contributed by atoms with E-state index in [1.165, 1.54) is 0 Å². The summed E-state index contributed by atoms with van der Waals surface area (Å²) in [6.07, 6.45) is 8.06. The van der Waals surface area contributed by atoms with Gasteiger partial charge in [-0.2, -0.15) is 0 Å². The molecule has 0 fully saturated rings. The fraction of sp³-hybridized carbons (Fsp3) is 0.286. The van der Waals surface area contributed by atoms with E-state index in [-0.39, 0.29) is 6.17 Å². The van der Waals surface area contributed by atoms with Crippen LogP contribution in [0.25, 0.3) is 0 Å². The minimum absolute atomic E-state index is 0.157. The van der Waals surface area contributed by atoms with E-state index in [0.29, 0.717) is 11.8 Å². The maximum Gasteiger partial charge on any atom is 0.130 e. The van der Waals surface area contributed by atoms with E-state index in [4.69, 9.17) is 5.73 Å². The second-order valence-corrected chi connectivity index (χ2v) is 2.46. The fourth-order valence-corrected chi connectivity index (χ4v) is 1.19. The van der Waals surface area contributed by atoms with Crippen molar-refractivity contribution in [2.75, 3.05) is 0 Å². The largest absolute Gasteiger partial charge is 0.384 e. The summed E-state index contributed by atoms with van der Waals surface area (Å²) in [5.74, 6) is 1.02. The molecule has 0 aromatic carbocycles. The highest BCUT2D eigenvalue weighted by atomic mass is 15.1. The number of hydrogen-bond acceptors (Lipinski definition) is 3. The lowest BCUT2D eigenvalue weighted by Crippen LogP contribution is -2.29. The predicted octanol–water partition coefficient (Wildman–Crippen LogP) is -0.0274. The second-order valence-electron chi connectivity index (χ2n) is 2.46. The Hall–Kier alpha value is -1.25. The molecule has 2 atom stereocenters. The van der Waals surface area contributed by atoms with Crippen molar-refractivity contribution in [3.63, 3.8) is 0 Å². The number of amidine groups is 1. The molecule has 0 bridgehead atoms. The maximum atomic E-state index is 5.49. The van der Waals surface area contributed by atoms with Crippen LogP contribution in [0.5, 0.6) is 0 Å². The summed E-state index contributed by atoms with van der Waals surface area (Å²) in [5, 5.41) is 3.09. The van der Waals surface area contributed by atoms with Crippen LogP contribution in [-0.2, 0) is 0 Å². The van der Waals surface area contributed by atoms with E-state index in [1.54, 1.807) is 0 Å². The number of hydrogen-bond donors (Lipinski definition) is 2. The SMILES string of the molecule is NC1=NC2NC=CC2C=C1. The number of rotatable bonds is 0. The Balaban J connectivity index is 2.25. The molecule has 0 aliphatic carbocycles. The number of fused-ring (bicyclic) bond motifs is 1. The number of dihydropyridines is 1. The van der Waals surface area contributed by atoms with E-state index < -0.39 is 0 Å². The average molecular weight is 135 g/mol. The third kappa shape index (κ3) is 0.708. The fourth-order valence-electron chi connectivity index (χ4n) is 1.19. The average Bonchev–Trinajstić information content (AvgIpc) is 2.33. The van der Waals surface area contributed by atoms with Gasteiger partial charge in [0.25, 0.3) is 0 Å². The first kappa shape index (κ1) is 5.53. The number of nitrogens with two attached hydrogens (primary N) is 1. The van der Waals surface area contributed by atoms with Crippen molar-refractivity contribution in [2.24, 2.45) is 16.6 Å². The molecular formula is C7H9N3. The molecule has 3 heteroatoms. The quantitative estimate of drug-likeness (QED) is 0.490. The van der Waals surface area contributed by atoms with Gasteiger partial charge in [-0.15, -0.1) is 0 Å². The predicted molar refractivity (Wildman–Crippen MR) is 40.3 cm³/mol. The number of nitrogens with zero attached hydrogens (tertiary/aromatic N) is 1. The normalized spacial score (nSPS) is 35.0. The van der Waals surface area contributed by atoms with Crippen LogP contribution >= 0.6 is 0 Å². The van der Waals surface area contributed by atoms with Crippen molar-refractivity contribution in [2.45, 2.75) is 6.17 Å². The standard InChI is InChI=1S/C7H9N3/c8-6-2-1-5-3-4-9-7(5)10-6/h1-5,7,9H,(H2,8,10). The first-order valence-corrected chi connectivity index (χ1v) is 3.30. The molecule has 2 aliphatic heterocycles. The van der Waals surface area contributed by atoms with Crippen molar-refractivity contribution in [3.05, 3.63) is 24.4 Å². The molecule has 0 amide bonds. The zero-order valence-corrected chi connectivity index (χ0v) is 5.49. The van der Waals surface area contributed by atoms with Gasteiger partial charge in [0.1, 0.15) is 12.0 Å². The van der Waals surface area contributed by atoms with Crippen molar-refractivity contribution in [1.82, 2.24) is 5.32 Å². The van der Waals surface area contributed by atoms with Crippen LogP contribution in [0, 0.1) is 5.92 Å². The molecule has 0 aromatic rings. The molecule has 0 spiro atoms. The summed E-state index contributed by atoms with van der Waals surface area (Å²) < 4.78 is 0. The van der Waals surface area contributed by atoms with E-state index >= 15 is 0 Å². The van der Waals surface area contributed by atoms with Crippen molar-refractivity contribution in [1.29, 1.82) is 0 Å². The molecule has 0 aromatic heterocycles. The van der Waals surface area contributed by atoms with E-state index in [9.17, 15) is 0 Å². The minimum Gasteiger partial charge on any atom is -0.384 e. The summed E-state index contributed by atoms with van der Waals surface area (Å²) in [5.41, 5.74) is 5.49. The lowest BCUT2D eigenvalue weighted by molar-refractivity contribution is 0.568. The van der Waals surface area contributed by atoms with E-state index in [2.05, 4.69) is 22.5 Å². The summed E-state index contributed by atoms with van der Waals surface area (Å²) in [6.45, 7) is 0. The van der Waals surface area contributed by atoms with Gasteiger partial charge in [0.05, 0.1) is 0 Å². The van der Waals surface area contributed by atoms with Crippen LogP contribution in [0.2, 0.25) is 0 Å². The van der Waals surface area contributed by atoms with Crippen LogP contribution in [0.4, 0.5) is 0 Å². The summed E-state index contributed by atoms with van der Waals surface area (Å²) in [4.78, 5) is 4.18. The smallest absolute Gasteiger partial charge is 0.130 e. The first-order valence-electron chi connectivity index (χ1n) is 3.30. The molecule has 2 heterocycles. The molecule has 52 valence electrons.